The van der Waals surface area contributed by atoms with Gasteiger partial charge in [-0.15, -0.1) is 0 Å². The molecule has 3 aromatic rings. The summed E-state index contributed by atoms with van der Waals surface area (Å²) in [6, 6.07) is 7.95. The van der Waals surface area contributed by atoms with Crippen LogP contribution in [-0.2, 0) is 12.4 Å². The Hall–Kier alpha value is -3.34. The molecule has 0 N–H and O–H groups in total. The highest BCUT2D eigenvalue weighted by molar-refractivity contribution is 6.30. The molecule has 0 radical (unpaired) electrons. The summed E-state index contributed by atoms with van der Waals surface area (Å²) >= 11 is 5.57. The van der Waals surface area contributed by atoms with Crippen LogP contribution < -0.4 is 10.3 Å². The molecule has 2 heterocycles. The van der Waals surface area contributed by atoms with Gasteiger partial charge in [-0.1, -0.05) is 29.8 Å². The van der Waals surface area contributed by atoms with Crippen LogP contribution in [0.1, 0.15) is 21.6 Å². The molecule has 0 saturated carbocycles. The highest BCUT2D eigenvalue weighted by Crippen LogP contribution is 2.33. The van der Waals surface area contributed by atoms with Gasteiger partial charge >= 0.3 is 18.3 Å². The van der Waals surface area contributed by atoms with E-state index >= 15 is 0 Å². The summed E-state index contributed by atoms with van der Waals surface area (Å²) in [5.74, 6) is -1.30. The van der Waals surface area contributed by atoms with E-state index in [1.807, 2.05) is 0 Å². The predicted molar refractivity (Wildman–Crippen MR) is 96.2 cm³/mol. The van der Waals surface area contributed by atoms with Crippen molar-refractivity contribution < 1.29 is 35.9 Å². The summed E-state index contributed by atoms with van der Waals surface area (Å²) in [5.41, 5.74) is -5.82. The number of esters is 1. The van der Waals surface area contributed by atoms with Gasteiger partial charge in [0.1, 0.15) is 10.8 Å². The smallest absolute Gasteiger partial charge is 0.417 e. The zero-order valence-corrected chi connectivity index (χ0v) is 15.7. The lowest BCUT2D eigenvalue weighted by Gasteiger charge is -2.16. The van der Waals surface area contributed by atoms with Crippen LogP contribution >= 0.6 is 11.6 Å². The van der Waals surface area contributed by atoms with Crippen LogP contribution in [0.2, 0.25) is 5.02 Å². The Morgan fingerprint density at radius 3 is 2.16 bits per heavy atom. The topological polar surface area (TPSA) is 61.2 Å². The van der Waals surface area contributed by atoms with Gasteiger partial charge in [-0.05, 0) is 24.3 Å². The zero-order valence-electron chi connectivity index (χ0n) is 15.0. The Morgan fingerprint density at radius 1 is 0.968 bits per heavy atom. The van der Waals surface area contributed by atoms with Gasteiger partial charge in [-0.3, -0.25) is 9.36 Å². The largest absolute Gasteiger partial charge is 0.422 e. The molecule has 0 atom stereocenters. The summed E-state index contributed by atoms with van der Waals surface area (Å²) < 4.78 is 84.1. The number of hydrogen-bond donors (Lipinski definition) is 0. The Balaban J connectivity index is 2.24. The SMILES string of the molecule is O=C(Oc1ccccc1)c1ncc(C(F)(F)F)cc1-n1cc(C(F)(F)F)cc(Cl)c1=O. The number of carbonyl (C=O) groups excluding carboxylic acids is 1. The molecule has 0 aliphatic rings. The van der Waals surface area contributed by atoms with Crippen molar-refractivity contribution in [2.75, 3.05) is 0 Å². The lowest BCUT2D eigenvalue weighted by Crippen LogP contribution is -2.25. The number of ether oxygens (including phenoxy) is 1. The number of carbonyl (C=O) groups is 1. The molecule has 2 aromatic heterocycles. The molecule has 5 nitrogen and oxygen atoms in total. The van der Waals surface area contributed by atoms with Gasteiger partial charge in [0.05, 0.1) is 16.8 Å². The van der Waals surface area contributed by atoms with E-state index in [1.54, 1.807) is 6.07 Å². The Labute approximate surface area is 174 Å². The summed E-state index contributed by atoms with van der Waals surface area (Å²) in [7, 11) is 0. The average Bonchev–Trinajstić information content (AvgIpc) is 2.68. The van der Waals surface area contributed by atoms with Gasteiger partial charge in [0.15, 0.2) is 5.69 Å². The fourth-order valence-electron chi connectivity index (χ4n) is 2.48. The van der Waals surface area contributed by atoms with Gasteiger partial charge in [0.25, 0.3) is 5.56 Å². The Morgan fingerprint density at radius 2 is 1.58 bits per heavy atom. The first-order valence-electron chi connectivity index (χ1n) is 8.22. The zero-order chi connectivity index (χ0) is 23.0. The summed E-state index contributed by atoms with van der Waals surface area (Å²) in [6.07, 6.45) is -9.41. The van der Waals surface area contributed by atoms with Crippen LogP contribution in [0, 0.1) is 0 Å². The first-order valence-corrected chi connectivity index (χ1v) is 8.60. The molecule has 12 heteroatoms. The number of para-hydroxylation sites is 1. The molecule has 0 aliphatic carbocycles. The van der Waals surface area contributed by atoms with Gasteiger partial charge < -0.3 is 4.74 Å². The maximum atomic E-state index is 13.2. The molecule has 0 spiro atoms. The van der Waals surface area contributed by atoms with Crippen LogP contribution in [0.15, 0.2) is 59.7 Å². The van der Waals surface area contributed by atoms with Crippen molar-refractivity contribution in [1.82, 2.24) is 9.55 Å². The fourth-order valence-corrected chi connectivity index (χ4v) is 2.68. The quantitative estimate of drug-likeness (QED) is 0.307. The third-order valence-electron chi connectivity index (χ3n) is 3.90. The molecule has 0 saturated heterocycles. The highest BCUT2D eigenvalue weighted by Gasteiger charge is 2.35. The minimum Gasteiger partial charge on any atom is -0.422 e. The number of pyridine rings is 2. The van der Waals surface area contributed by atoms with E-state index in [4.69, 9.17) is 16.3 Å². The van der Waals surface area contributed by atoms with Gasteiger partial charge in [-0.2, -0.15) is 26.3 Å². The second-order valence-corrected chi connectivity index (χ2v) is 6.45. The second kappa shape index (κ2) is 8.06. The number of rotatable bonds is 3. The van der Waals surface area contributed by atoms with Crippen LogP contribution in [-0.4, -0.2) is 15.5 Å². The van der Waals surface area contributed by atoms with Crippen molar-refractivity contribution in [2.45, 2.75) is 12.4 Å². The molecule has 3 rings (SSSR count). The van der Waals surface area contributed by atoms with Crippen molar-refractivity contribution in [3.05, 3.63) is 87.1 Å². The number of benzene rings is 1. The Kier molecular flexibility index (Phi) is 5.81. The Bertz CT molecular complexity index is 1190. The molecular formula is C19H9ClF6N2O3. The average molecular weight is 463 g/mol. The van der Waals surface area contributed by atoms with Gasteiger partial charge in [-0.25, -0.2) is 9.78 Å². The van der Waals surface area contributed by atoms with Gasteiger partial charge in [0, 0.05) is 12.4 Å². The number of alkyl halides is 6. The van der Waals surface area contributed by atoms with Crippen molar-refractivity contribution in [2.24, 2.45) is 0 Å². The van der Waals surface area contributed by atoms with Crippen molar-refractivity contribution in [3.63, 3.8) is 0 Å². The van der Waals surface area contributed by atoms with Crippen LogP contribution in [0.5, 0.6) is 5.75 Å². The minimum absolute atomic E-state index is 0.00503. The molecule has 0 fully saturated rings. The number of aromatic nitrogens is 2. The molecule has 0 amide bonds. The molecule has 0 unspecified atom stereocenters. The lowest BCUT2D eigenvalue weighted by atomic mass is 10.2. The maximum Gasteiger partial charge on any atom is 0.417 e. The van der Waals surface area contributed by atoms with E-state index in [0.29, 0.717) is 18.3 Å². The normalized spacial score (nSPS) is 12.0. The monoisotopic (exact) mass is 462 g/mol. The first kappa shape index (κ1) is 22.3. The van der Waals surface area contributed by atoms with E-state index in [9.17, 15) is 35.9 Å². The van der Waals surface area contributed by atoms with Crippen molar-refractivity contribution >= 4 is 17.6 Å². The van der Waals surface area contributed by atoms with Crippen LogP contribution in [0.4, 0.5) is 26.3 Å². The minimum atomic E-state index is -4.97. The van der Waals surface area contributed by atoms with E-state index in [2.05, 4.69) is 4.98 Å². The van der Waals surface area contributed by atoms with E-state index in [1.165, 1.54) is 24.3 Å². The van der Waals surface area contributed by atoms with Crippen LogP contribution in [0.25, 0.3) is 5.69 Å². The molecule has 1 aromatic carbocycles. The number of hydrogen-bond acceptors (Lipinski definition) is 4. The second-order valence-electron chi connectivity index (χ2n) is 6.04. The fraction of sp³-hybridized carbons (Fsp3) is 0.105. The molecular weight excluding hydrogens is 454 g/mol. The standard InChI is InChI=1S/C19H9ClF6N2O3/c20-13-6-11(19(24,25)26)9-28(16(13)29)14-7-10(18(21,22)23)8-27-15(14)17(30)31-12-4-2-1-3-5-12/h1-9H. The van der Waals surface area contributed by atoms with Crippen molar-refractivity contribution in [1.29, 1.82) is 0 Å². The number of halogens is 7. The first-order chi connectivity index (χ1) is 14.4. The third kappa shape index (κ3) is 4.88. The molecule has 31 heavy (non-hydrogen) atoms. The predicted octanol–water partition coefficient (Wildman–Crippen LogP) is 5.14. The number of nitrogens with zero attached hydrogens (tertiary/aromatic N) is 2. The van der Waals surface area contributed by atoms with E-state index < -0.39 is 51.4 Å². The summed E-state index contributed by atoms with van der Waals surface area (Å²) in [6.45, 7) is 0. The lowest BCUT2D eigenvalue weighted by molar-refractivity contribution is -0.139. The summed E-state index contributed by atoms with van der Waals surface area (Å²) in [5, 5.41) is -0.922. The highest BCUT2D eigenvalue weighted by atomic mass is 35.5. The molecule has 162 valence electrons. The summed E-state index contributed by atoms with van der Waals surface area (Å²) in [4.78, 5) is 28.3. The van der Waals surface area contributed by atoms with Gasteiger partial charge in [0.2, 0.25) is 0 Å². The van der Waals surface area contributed by atoms with E-state index in [0.717, 1.165) is 0 Å². The molecule has 0 bridgehead atoms. The molecule has 0 aliphatic heterocycles. The van der Waals surface area contributed by atoms with Crippen molar-refractivity contribution in [3.8, 4) is 11.4 Å². The third-order valence-corrected chi connectivity index (χ3v) is 4.17. The maximum absolute atomic E-state index is 13.2. The van der Waals surface area contributed by atoms with E-state index in [-0.39, 0.29) is 16.5 Å². The van der Waals surface area contributed by atoms with Crippen LogP contribution in [0.3, 0.4) is 0 Å².